The number of H-pyrrole nitrogens is 1. The van der Waals surface area contributed by atoms with Gasteiger partial charge >= 0.3 is 0 Å². The SMILES string of the molecule is NC(=O)c1nc(Cc2ccccc2)nc2nc[nH]c12. The molecule has 0 aliphatic heterocycles. The summed E-state index contributed by atoms with van der Waals surface area (Å²) >= 11 is 0. The highest BCUT2D eigenvalue weighted by atomic mass is 16.1. The Kier molecular flexibility index (Phi) is 2.68. The number of amides is 1. The number of nitrogens with one attached hydrogen (secondary N) is 1. The van der Waals surface area contributed by atoms with E-state index in [-0.39, 0.29) is 5.69 Å². The molecular formula is C13H11N5O. The van der Waals surface area contributed by atoms with E-state index in [9.17, 15) is 4.79 Å². The van der Waals surface area contributed by atoms with E-state index in [1.807, 2.05) is 30.3 Å². The number of fused-ring (bicyclic) bond motifs is 1. The number of aromatic amines is 1. The predicted molar refractivity (Wildman–Crippen MR) is 69.4 cm³/mol. The number of imidazole rings is 1. The van der Waals surface area contributed by atoms with Crippen LogP contribution < -0.4 is 5.73 Å². The number of hydrogen-bond donors (Lipinski definition) is 2. The van der Waals surface area contributed by atoms with Crippen LogP contribution in [-0.4, -0.2) is 25.8 Å². The zero-order valence-electron chi connectivity index (χ0n) is 10.00. The number of hydrogen-bond acceptors (Lipinski definition) is 4. The fraction of sp³-hybridized carbons (Fsp3) is 0.0769. The van der Waals surface area contributed by atoms with E-state index in [1.54, 1.807) is 0 Å². The number of carbonyl (C=O) groups excluding carboxylic acids is 1. The fourth-order valence-corrected chi connectivity index (χ4v) is 1.91. The highest BCUT2D eigenvalue weighted by Gasteiger charge is 2.14. The minimum absolute atomic E-state index is 0.174. The van der Waals surface area contributed by atoms with Gasteiger partial charge < -0.3 is 10.7 Å². The standard InChI is InChI=1S/C13H11N5O/c14-12(19)10-11-13(16-7-15-11)18-9(17-10)6-8-4-2-1-3-5-8/h1-5,7H,6H2,(H2,14,19)(H,15,16,17,18). The van der Waals surface area contributed by atoms with Crippen molar-refractivity contribution in [1.29, 1.82) is 0 Å². The second-order valence-corrected chi connectivity index (χ2v) is 4.12. The number of aromatic nitrogens is 4. The number of benzene rings is 1. The normalized spacial score (nSPS) is 10.7. The molecule has 0 fully saturated rings. The molecule has 1 aromatic carbocycles. The van der Waals surface area contributed by atoms with Crippen molar-refractivity contribution in [2.75, 3.05) is 0 Å². The van der Waals surface area contributed by atoms with Gasteiger partial charge in [-0.2, -0.15) is 0 Å². The highest BCUT2D eigenvalue weighted by Crippen LogP contribution is 2.13. The maximum absolute atomic E-state index is 11.4. The Bertz CT molecular complexity index is 735. The van der Waals surface area contributed by atoms with E-state index < -0.39 is 5.91 Å². The Morgan fingerprint density at radius 1 is 1.21 bits per heavy atom. The molecule has 2 heterocycles. The Labute approximate surface area is 108 Å². The number of nitrogens with zero attached hydrogens (tertiary/aromatic N) is 3. The maximum Gasteiger partial charge on any atom is 0.269 e. The molecule has 0 aliphatic rings. The smallest absolute Gasteiger partial charge is 0.269 e. The summed E-state index contributed by atoms with van der Waals surface area (Å²) in [6.07, 6.45) is 2.00. The molecule has 6 nitrogen and oxygen atoms in total. The minimum Gasteiger partial charge on any atom is -0.364 e. The number of carbonyl (C=O) groups is 1. The van der Waals surface area contributed by atoms with Gasteiger partial charge in [-0.1, -0.05) is 30.3 Å². The molecule has 0 spiro atoms. The predicted octanol–water partition coefficient (Wildman–Crippen LogP) is 1.04. The van der Waals surface area contributed by atoms with Crippen molar-refractivity contribution in [3.05, 3.63) is 53.7 Å². The molecule has 94 valence electrons. The van der Waals surface area contributed by atoms with Crippen LogP contribution in [-0.2, 0) is 6.42 Å². The van der Waals surface area contributed by atoms with Crippen LogP contribution in [0.3, 0.4) is 0 Å². The van der Waals surface area contributed by atoms with Crippen LogP contribution in [0.4, 0.5) is 0 Å². The van der Waals surface area contributed by atoms with Gasteiger partial charge in [-0.3, -0.25) is 4.79 Å². The second-order valence-electron chi connectivity index (χ2n) is 4.12. The Hall–Kier alpha value is -2.76. The van der Waals surface area contributed by atoms with Gasteiger partial charge in [-0.05, 0) is 5.56 Å². The van der Waals surface area contributed by atoms with Crippen molar-refractivity contribution in [2.24, 2.45) is 5.73 Å². The summed E-state index contributed by atoms with van der Waals surface area (Å²) in [5.74, 6) is -0.0643. The van der Waals surface area contributed by atoms with Gasteiger partial charge in [0.2, 0.25) is 0 Å². The molecule has 2 aromatic heterocycles. The van der Waals surface area contributed by atoms with Crippen LogP contribution in [0.5, 0.6) is 0 Å². The van der Waals surface area contributed by atoms with Gasteiger partial charge in [0.15, 0.2) is 11.3 Å². The minimum atomic E-state index is -0.592. The van der Waals surface area contributed by atoms with Gasteiger partial charge in [0, 0.05) is 6.42 Å². The summed E-state index contributed by atoms with van der Waals surface area (Å²) < 4.78 is 0. The van der Waals surface area contributed by atoms with Gasteiger partial charge in [-0.25, -0.2) is 15.0 Å². The average molecular weight is 253 g/mol. The van der Waals surface area contributed by atoms with Crippen LogP contribution in [0.15, 0.2) is 36.7 Å². The van der Waals surface area contributed by atoms with E-state index in [4.69, 9.17) is 5.73 Å². The van der Waals surface area contributed by atoms with E-state index in [0.29, 0.717) is 23.4 Å². The summed E-state index contributed by atoms with van der Waals surface area (Å²) in [6, 6.07) is 9.77. The molecule has 1 amide bonds. The van der Waals surface area contributed by atoms with Crippen LogP contribution >= 0.6 is 0 Å². The average Bonchev–Trinajstić information content (AvgIpc) is 2.87. The topological polar surface area (TPSA) is 97.6 Å². The Morgan fingerprint density at radius 3 is 2.74 bits per heavy atom. The van der Waals surface area contributed by atoms with Crippen molar-refractivity contribution >= 4 is 17.1 Å². The molecule has 0 saturated carbocycles. The first-order valence-electron chi connectivity index (χ1n) is 5.78. The van der Waals surface area contributed by atoms with E-state index in [1.165, 1.54) is 6.33 Å². The summed E-state index contributed by atoms with van der Waals surface area (Å²) in [5.41, 5.74) is 7.49. The summed E-state index contributed by atoms with van der Waals surface area (Å²) in [5, 5.41) is 0. The third kappa shape index (κ3) is 2.15. The number of nitrogens with two attached hydrogens (primary N) is 1. The van der Waals surface area contributed by atoms with Crippen LogP contribution in [0.25, 0.3) is 11.2 Å². The van der Waals surface area contributed by atoms with Crippen molar-refractivity contribution < 1.29 is 4.79 Å². The first-order valence-corrected chi connectivity index (χ1v) is 5.78. The quantitative estimate of drug-likeness (QED) is 0.728. The summed E-state index contributed by atoms with van der Waals surface area (Å²) in [6.45, 7) is 0. The molecule has 19 heavy (non-hydrogen) atoms. The molecule has 6 heteroatoms. The largest absolute Gasteiger partial charge is 0.364 e. The van der Waals surface area contributed by atoms with E-state index in [0.717, 1.165) is 5.56 Å². The monoisotopic (exact) mass is 253 g/mol. The Morgan fingerprint density at radius 2 is 2.00 bits per heavy atom. The van der Waals surface area contributed by atoms with Gasteiger partial charge in [-0.15, -0.1) is 0 Å². The molecular weight excluding hydrogens is 242 g/mol. The molecule has 3 rings (SSSR count). The van der Waals surface area contributed by atoms with Crippen molar-refractivity contribution in [3.8, 4) is 0 Å². The first-order chi connectivity index (χ1) is 9.24. The first kappa shape index (κ1) is 11.3. The van der Waals surface area contributed by atoms with Crippen LogP contribution in [0, 0.1) is 0 Å². The van der Waals surface area contributed by atoms with Gasteiger partial charge in [0.25, 0.3) is 5.91 Å². The number of rotatable bonds is 3. The summed E-state index contributed by atoms with van der Waals surface area (Å²) in [4.78, 5) is 26.8. The van der Waals surface area contributed by atoms with Gasteiger partial charge in [0.1, 0.15) is 11.3 Å². The van der Waals surface area contributed by atoms with Crippen LogP contribution in [0.2, 0.25) is 0 Å². The second kappa shape index (κ2) is 4.49. The molecule has 0 bridgehead atoms. The van der Waals surface area contributed by atoms with Crippen LogP contribution in [0.1, 0.15) is 21.9 Å². The third-order valence-electron chi connectivity index (χ3n) is 2.77. The van der Waals surface area contributed by atoms with Gasteiger partial charge in [0.05, 0.1) is 6.33 Å². The van der Waals surface area contributed by atoms with Crippen molar-refractivity contribution in [2.45, 2.75) is 6.42 Å². The fourth-order valence-electron chi connectivity index (χ4n) is 1.91. The molecule has 0 saturated heterocycles. The van der Waals surface area contributed by atoms with Crippen molar-refractivity contribution in [1.82, 2.24) is 19.9 Å². The highest BCUT2D eigenvalue weighted by molar-refractivity contribution is 6.01. The maximum atomic E-state index is 11.4. The third-order valence-corrected chi connectivity index (χ3v) is 2.77. The van der Waals surface area contributed by atoms with Crippen molar-refractivity contribution in [3.63, 3.8) is 0 Å². The number of primary amides is 1. The van der Waals surface area contributed by atoms with E-state index in [2.05, 4.69) is 19.9 Å². The summed E-state index contributed by atoms with van der Waals surface area (Å²) in [7, 11) is 0. The lowest BCUT2D eigenvalue weighted by Gasteiger charge is -2.03. The lowest BCUT2D eigenvalue weighted by Crippen LogP contribution is -2.16. The zero-order chi connectivity index (χ0) is 13.2. The molecule has 0 aliphatic carbocycles. The zero-order valence-corrected chi connectivity index (χ0v) is 10.00. The molecule has 0 unspecified atom stereocenters. The molecule has 0 atom stereocenters. The lowest BCUT2D eigenvalue weighted by atomic mass is 10.1. The Balaban J connectivity index is 2.07. The molecule has 0 radical (unpaired) electrons. The lowest BCUT2D eigenvalue weighted by molar-refractivity contribution is 0.0997. The molecule has 3 N–H and O–H groups in total. The van der Waals surface area contributed by atoms with E-state index >= 15 is 0 Å². The molecule has 3 aromatic rings.